The van der Waals surface area contributed by atoms with Gasteiger partial charge in [0, 0.05) is 18.9 Å². The maximum atomic E-state index is 11.4. The van der Waals surface area contributed by atoms with Gasteiger partial charge in [0.1, 0.15) is 0 Å². The van der Waals surface area contributed by atoms with Gasteiger partial charge >= 0.3 is 5.97 Å². The van der Waals surface area contributed by atoms with Crippen LogP contribution >= 0.6 is 0 Å². The quantitative estimate of drug-likeness (QED) is 0.558. The fourth-order valence-electron chi connectivity index (χ4n) is 1.62. The summed E-state index contributed by atoms with van der Waals surface area (Å²) in [5.41, 5.74) is 0. The van der Waals surface area contributed by atoms with Gasteiger partial charge in [-0.25, -0.2) is 0 Å². The first-order valence-corrected chi connectivity index (χ1v) is 5.30. The second-order valence-electron chi connectivity index (χ2n) is 4.00. The number of carbonyl (C=O) groups excluding carboxylic acids is 2. The number of carboxylic acids is 1. The lowest BCUT2D eigenvalue weighted by molar-refractivity contribution is -0.137. The van der Waals surface area contributed by atoms with Crippen molar-refractivity contribution in [1.29, 1.82) is 0 Å². The van der Waals surface area contributed by atoms with Crippen LogP contribution in [0.3, 0.4) is 0 Å². The molecular formula is C10H16N2O4. The number of aliphatic carboxylic acids is 1. The molecule has 0 aromatic heterocycles. The summed E-state index contributed by atoms with van der Waals surface area (Å²) in [6.45, 7) is 1.83. The molecule has 90 valence electrons. The second kappa shape index (κ2) is 5.60. The zero-order valence-electron chi connectivity index (χ0n) is 9.16. The summed E-state index contributed by atoms with van der Waals surface area (Å²) in [4.78, 5) is 32.6. The van der Waals surface area contributed by atoms with Gasteiger partial charge in [0.25, 0.3) is 0 Å². The molecule has 0 aromatic rings. The predicted molar refractivity (Wildman–Crippen MR) is 55.6 cm³/mol. The van der Waals surface area contributed by atoms with Crippen LogP contribution in [0.2, 0.25) is 0 Å². The molecule has 0 saturated carbocycles. The molecule has 0 radical (unpaired) electrons. The lowest BCUT2D eigenvalue weighted by Crippen LogP contribution is -2.52. The molecule has 1 saturated heterocycles. The molecule has 6 heteroatoms. The van der Waals surface area contributed by atoms with Gasteiger partial charge < -0.3 is 10.4 Å². The minimum absolute atomic E-state index is 0.0555. The molecule has 0 spiro atoms. The molecule has 3 N–H and O–H groups in total. The van der Waals surface area contributed by atoms with E-state index in [2.05, 4.69) is 10.6 Å². The van der Waals surface area contributed by atoms with Crippen molar-refractivity contribution in [2.24, 2.45) is 0 Å². The van der Waals surface area contributed by atoms with E-state index >= 15 is 0 Å². The molecule has 1 fully saturated rings. The van der Waals surface area contributed by atoms with Crippen LogP contribution < -0.4 is 10.6 Å². The number of hydrogen-bond acceptors (Lipinski definition) is 4. The van der Waals surface area contributed by atoms with Crippen molar-refractivity contribution in [2.75, 3.05) is 0 Å². The SMILES string of the molecule is CC(CCC(=O)O)NC1CCC(=O)NC1=O. The minimum atomic E-state index is -0.850. The van der Waals surface area contributed by atoms with Crippen molar-refractivity contribution in [3.8, 4) is 0 Å². The highest BCUT2D eigenvalue weighted by Crippen LogP contribution is 2.07. The van der Waals surface area contributed by atoms with Crippen molar-refractivity contribution in [2.45, 2.75) is 44.7 Å². The Balaban J connectivity index is 2.33. The Kier molecular flexibility index (Phi) is 4.42. The highest BCUT2D eigenvalue weighted by atomic mass is 16.4. The molecule has 2 atom stereocenters. The Hall–Kier alpha value is -1.43. The van der Waals surface area contributed by atoms with Gasteiger partial charge in [-0.2, -0.15) is 0 Å². The Morgan fingerprint density at radius 1 is 1.62 bits per heavy atom. The third kappa shape index (κ3) is 3.98. The summed E-state index contributed by atoms with van der Waals surface area (Å²) in [6.07, 6.45) is 1.34. The van der Waals surface area contributed by atoms with Gasteiger partial charge in [-0.15, -0.1) is 0 Å². The first kappa shape index (κ1) is 12.6. The standard InChI is InChI=1S/C10H16N2O4/c1-6(2-5-9(14)15)11-7-3-4-8(13)12-10(7)16/h6-7,11H,2-5H2,1H3,(H,14,15)(H,12,13,16). The molecule has 6 nitrogen and oxygen atoms in total. The van der Waals surface area contributed by atoms with E-state index in [0.717, 1.165) is 0 Å². The van der Waals surface area contributed by atoms with E-state index in [4.69, 9.17) is 5.11 Å². The molecule has 0 bridgehead atoms. The maximum Gasteiger partial charge on any atom is 0.303 e. The number of carboxylic acid groups (broad SMARTS) is 1. The van der Waals surface area contributed by atoms with E-state index < -0.39 is 5.97 Å². The van der Waals surface area contributed by atoms with Crippen LogP contribution in [0.4, 0.5) is 0 Å². The molecule has 16 heavy (non-hydrogen) atoms. The Labute approximate surface area is 93.4 Å². The summed E-state index contributed by atoms with van der Waals surface area (Å²) < 4.78 is 0. The van der Waals surface area contributed by atoms with Crippen LogP contribution in [0.15, 0.2) is 0 Å². The van der Waals surface area contributed by atoms with Crippen LogP contribution in [0.5, 0.6) is 0 Å². The number of hydrogen-bond donors (Lipinski definition) is 3. The van der Waals surface area contributed by atoms with Gasteiger partial charge in [-0.1, -0.05) is 0 Å². The topological polar surface area (TPSA) is 95.5 Å². The van der Waals surface area contributed by atoms with Gasteiger partial charge in [0.2, 0.25) is 11.8 Å². The van der Waals surface area contributed by atoms with Crippen molar-refractivity contribution in [3.63, 3.8) is 0 Å². The Morgan fingerprint density at radius 2 is 2.31 bits per heavy atom. The number of amides is 2. The van der Waals surface area contributed by atoms with Crippen LogP contribution in [-0.4, -0.2) is 35.0 Å². The third-order valence-corrected chi connectivity index (χ3v) is 2.52. The highest BCUT2D eigenvalue weighted by Gasteiger charge is 2.27. The molecule has 0 aliphatic carbocycles. The van der Waals surface area contributed by atoms with Crippen LogP contribution in [0.1, 0.15) is 32.6 Å². The van der Waals surface area contributed by atoms with Crippen LogP contribution in [0.25, 0.3) is 0 Å². The third-order valence-electron chi connectivity index (χ3n) is 2.52. The largest absolute Gasteiger partial charge is 0.481 e. The Bertz CT molecular complexity index is 303. The molecule has 1 aliphatic rings. The second-order valence-corrected chi connectivity index (χ2v) is 4.00. The van der Waals surface area contributed by atoms with Crippen molar-refractivity contribution < 1.29 is 19.5 Å². The number of piperidine rings is 1. The minimum Gasteiger partial charge on any atom is -0.481 e. The van der Waals surface area contributed by atoms with E-state index in [1.54, 1.807) is 0 Å². The van der Waals surface area contributed by atoms with Gasteiger partial charge in [-0.3, -0.25) is 19.7 Å². The normalized spacial score (nSPS) is 22.7. The number of imide groups is 1. The van der Waals surface area contributed by atoms with E-state index in [0.29, 0.717) is 19.3 Å². The van der Waals surface area contributed by atoms with E-state index in [1.807, 2.05) is 6.92 Å². The summed E-state index contributed by atoms with van der Waals surface area (Å²) in [6, 6.07) is -0.443. The lowest BCUT2D eigenvalue weighted by atomic mass is 10.0. The first-order chi connectivity index (χ1) is 7.49. The predicted octanol–water partition coefficient (Wildman–Crippen LogP) is -0.365. The summed E-state index contributed by atoms with van der Waals surface area (Å²) in [5, 5.41) is 13.8. The maximum absolute atomic E-state index is 11.4. The summed E-state index contributed by atoms with van der Waals surface area (Å²) >= 11 is 0. The van der Waals surface area contributed by atoms with Crippen molar-refractivity contribution in [3.05, 3.63) is 0 Å². The number of nitrogens with one attached hydrogen (secondary N) is 2. The molecule has 1 heterocycles. The first-order valence-electron chi connectivity index (χ1n) is 5.30. The summed E-state index contributed by atoms with van der Waals surface area (Å²) in [5.74, 6) is -1.42. The average molecular weight is 228 g/mol. The molecule has 1 aliphatic heterocycles. The number of carbonyl (C=O) groups is 3. The fraction of sp³-hybridized carbons (Fsp3) is 0.700. The van der Waals surface area contributed by atoms with E-state index in [1.165, 1.54) is 0 Å². The molecule has 2 amide bonds. The smallest absolute Gasteiger partial charge is 0.303 e. The van der Waals surface area contributed by atoms with Gasteiger partial charge in [0.05, 0.1) is 6.04 Å². The lowest BCUT2D eigenvalue weighted by Gasteiger charge is -2.25. The average Bonchev–Trinajstić information content (AvgIpc) is 2.19. The van der Waals surface area contributed by atoms with E-state index in [-0.39, 0.29) is 30.3 Å². The van der Waals surface area contributed by atoms with Crippen LogP contribution in [0, 0.1) is 0 Å². The van der Waals surface area contributed by atoms with E-state index in [9.17, 15) is 14.4 Å². The monoisotopic (exact) mass is 228 g/mol. The summed E-state index contributed by atoms with van der Waals surface area (Å²) in [7, 11) is 0. The molecular weight excluding hydrogens is 212 g/mol. The van der Waals surface area contributed by atoms with Crippen LogP contribution in [-0.2, 0) is 14.4 Å². The molecule has 2 unspecified atom stereocenters. The zero-order valence-corrected chi connectivity index (χ0v) is 9.16. The molecule has 0 aromatic carbocycles. The fourth-order valence-corrected chi connectivity index (χ4v) is 1.62. The highest BCUT2D eigenvalue weighted by molar-refractivity contribution is 6.00. The van der Waals surface area contributed by atoms with Crippen molar-refractivity contribution >= 4 is 17.8 Å². The number of rotatable bonds is 5. The van der Waals surface area contributed by atoms with Gasteiger partial charge in [0.15, 0.2) is 0 Å². The zero-order chi connectivity index (χ0) is 12.1. The van der Waals surface area contributed by atoms with Crippen molar-refractivity contribution in [1.82, 2.24) is 10.6 Å². The molecule has 1 rings (SSSR count). The Morgan fingerprint density at radius 3 is 2.88 bits per heavy atom. The van der Waals surface area contributed by atoms with Gasteiger partial charge in [-0.05, 0) is 19.8 Å².